The molecule has 8 heteroatoms. The van der Waals surface area contributed by atoms with Crippen LogP contribution in [-0.2, 0) is 14.3 Å². The van der Waals surface area contributed by atoms with Crippen molar-refractivity contribution in [1.29, 1.82) is 0 Å². The number of hydrogen-bond donors (Lipinski definition) is 1. The molecule has 1 saturated heterocycles. The first-order valence-corrected chi connectivity index (χ1v) is 6.86. The van der Waals surface area contributed by atoms with Crippen LogP contribution in [0.1, 0.15) is 32.6 Å². The number of carbonyl (C=O) groups excluding carboxylic acids is 2. The topological polar surface area (TPSA) is 58.6 Å². The number of rotatable bonds is 5. The molecule has 0 spiro atoms. The molecule has 1 atom stereocenters. The van der Waals surface area contributed by atoms with Gasteiger partial charge in [-0.25, -0.2) is 0 Å². The van der Waals surface area contributed by atoms with E-state index in [0.717, 1.165) is 20.0 Å². The Morgan fingerprint density at radius 2 is 2.00 bits per heavy atom. The molecule has 0 aliphatic carbocycles. The second-order valence-corrected chi connectivity index (χ2v) is 5.38. The maximum atomic E-state index is 12.6. The van der Waals surface area contributed by atoms with Crippen molar-refractivity contribution < 1.29 is 27.5 Å². The Morgan fingerprint density at radius 3 is 2.48 bits per heavy atom. The first kappa shape index (κ1) is 17.7. The van der Waals surface area contributed by atoms with E-state index in [4.69, 9.17) is 0 Å². The Bertz CT molecular complexity index is 379. The van der Waals surface area contributed by atoms with Gasteiger partial charge in [0, 0.05) is 6.54 Å². The summed E-state index contributed by atoms with van der Waals surface area (Å²) in [6.07, 6.45) is -2.60. The highest BCUT2D eigenvalue weighted by atomic mass is 19.4. The number of ether oxygens (including phenoxy) is 1. The summed E-state index contributed by atoms with van der Waals surface area (Å²) < 4.78 is 42.3. The number of methoxy groups -OCH3 is 1. The van der Waals surface area contributed by atoms with Crippen LogP contribution in [0.4, 0.5) is 13.2 Å². The normalized spacial score (nSPS) is 22.7. The van der Waals surface area contributed by atoms with Crippen molar-refractivity contribution in [3.8, 4) is 0 Å². The largest absolute Gasteiger partial charge is 0.469 e. The average Bonchev–Trinajstić information content (AvgIpc) is 2.41. The van der Waals surface area contributed by atoms with E-state index in [-0.39, 0.29) is 13.0 Å². The van der Waals surface area contributed by atoms with E-state index >= 15 is 0 Å². The van der Waals surface area contributed by atoms with Gasteiger partial charge >= 0.3 is 12.1 Å². The second kappa shape index (κ2) is 7.11. The molecule has 0 aromatic carbocycles. The first-order valence-electron chi connectivity index (χ1n) is 6.86. The summed E-state index contributed by atoms with van der Waals surface area (Å²) >= 11 is 0. The molecule has 1 aliphatic rings. The smallest absolute Gasteiger partial charge is 0.406 e. The maximum absolute atomic E-state index is 12.6. The Labute approximate surface area is 121 Å². The van der Waals surface area contributed by atoms with Crippen LogP contribution < -0.4 is 5.32 Å². The number of nitrogens with zero attached hydrogens (tertiary/aromatic N) is 1. The van der Waals surface area contributed by atoms with E-state index in [1.807, 2.05) is 0 Å². The van der Waals surface area contributed by atoms with Crippen molar-refractivity contribution in [3.63, 3.8) is 0 Å². The number of amides is 1. The summed E-state index contributed by atoms with van der Waals surface area (Å²) in [6.45, 7) is 0.539. The molecule has 0 saturated carbocycles. The minimum atomic E-state index is -4.50. The van der Waals surface area contributed by atoms with E-state index < -0.39 is 30.1 Å². The lowest BCUT2D eigenvalue weighted by Crippen LogP contribution is -2.59. The Morgan fingerprint density at radius 1 is 1.33 bits per heavy atom. The standard InChI is InChI=1S/C13H21F3N2O3/c1-12(6-3-4-7-17-12)11(20)18(9-13(14,15)16)8-5-10(19)21-2/h17H,3-9H2,1-2H3. The summed E-state index contributed by atoms with van der Waals surface area (Å²) in [5.41, 5.74) is -1.00. The minimum Gasteiger partial charge on any atom is -0.469 e. The Kier molecular flexibility index (Phi) is 6.00. The van der Waals surface area contributed by atoms with Gasteiger partial charge in [-0.3, -0.25) is 9.59 Å². The van der Waals surface area contributed by atoms with Gasteiger partial charge in [0.1, 0.15) is 6.54 Å². The summed E-state index contributed by atoms with van der Waals surface area (Å²) in [7, 11) is 1.16. The molecule has 1 fully saturated rings. The van der Waals surface area contributed by atoms with E-state index in [0.29, 0.717) is 17.9 Å². The summed E-state index contributed by atoms with van der Waals surface area (Å²) in [4.78, 5) is 24.2. The third kappa shape index (κ3) is 5.53. The third-order valence-corrected chi connectivity index (χ3v) is 3.56. The van der Waals surface area contributed by atoms with Crippen LogP contribution in [0, 0.1) is 0 Å². The molecule has 1 rings (SSSR count). The van der Waals surface area contributed by atoms with Crippen molar-refractivity contribution in [2.24, 2.45) is 0 Å². The molecule has 0 bridgehead atoms. The molecule has 21 heavy (non-hydrogen) atoms. The van der Waals surface area contributed by atoms with Crippen molar-refractivity contribution in [2.45, 2.75) is 44.3 Å². The zero-order valence-corrected chi connectivity index (χ0v) is 12.3. The Balaban J connectivity index is 2.78. The summed E-state index contributed by atoms with van der Waals surface area (Å²) in [6, 6.07) is 0. The number of piperidine rings is 1. The molecule has 1 amide bonds. The van der Waals surface area contributed by atoms with Crippen molar-refractivity contribution in [1.82, 2.24) is 10.2 Å². The number of halogens is 3. The average molecular weight is 310 g/mol. The molecule has 122 valence electrons. The maximum Gasteiger partial charge on any atom is 0.406 e. The van der Waals surface area contributed by atoms with Crippen LogP contribution in [0.2, 0.25) is 0 Å². The summed E-state index contributed by atoms with van der Waals surface area (Å²) in [5, 5.41) is 2.99. The molecule has 0 aromatic heterocycles. The lowest BCUT2D eigenvalue weighted by molar-refractivity contribution is -0.167. The monoisotopic (exact) mass is 310 g/mol. The molecule has 1 aliphatic heterocycles. The third-order valence-electron chi connectivity index (χ3n) is 3.56. The number of carbonyl (C=O) groups is 2. The summed E-state index contributed by atoms with van der Waals surface area (Å²) in [5.74, 6) is -1.26. The molecule has 1 heterocycles. The number of alkyl halides is 3. The molecule has 1 N–H and O–H groups in total. The van der Waals surface area contributed by atoms with Crippen molar-refractivity contribution in [3.05, 3.63) is 0 Å². The lowest BCUT2D eigenvalue weighted by atomic mass is 9.89. The van der Waals surface area contributed by atoms with Gasteiger partial charge in [-0.2, -0.15) is 13.2 Å². The van der Waals surface area contributed by atoms with Gasteiger partial charge in [0.05, 0.1) is 19.1 Å². The quantitative estimate of drug-likeness (QED) is 0.781. The highest BCUT2D eigenvalue weighted by Crippen LogP contribution is 2.24. The molecule has 0 radical (unpaired) electrons. The van der Waals surface area contributed by atoms with E-state index in [1.54, 1.807) is 6.92 Å². The van der Waals surface area contributed by atoms with Crippen LogP contribution in [0.15, 0.2) is 0 Å². The SMILES string of the molecule is COC(=O)CCN(CC(F)(F)F)C(=O)C1(C)CCCCN1. The van der Waals surface area contributed by atoms with E-state index in [9.17, 15) is 22.8 Å². The first-order chi connectivity index (χ1) is 9.68. The second-order valence-electron chi connectivity index (χ2n) is 5.38. The number of esters is 1. The molecular weight excluding hydrogens is 289 g/mol. The zero-order chi connectivity index (χ0) is 16.1. The zero-order valence-electron chi connectivity index (χ0n) is 12.3. The molecule has 0 aromatic rings. The van der Waals surface area contributed by atoms with Gasteiger partial charge < -0.3 is 15.0 Å². The van der Waals surface area contributed by atoms with E-state index in [1.165, 1.54) is 0 Å². The fraction of sp³-hybridized carbons (Fsp3) is 0.846. The van der Waals surface area contributed by atoms with Gasteiger partial charge in [-0.05, 0) is 32.7 Å². The fourth-order valence-electron chi connectivity index (χ4n) is 2.38. The van der Waals surface area contributed by atoms with Crippen molar-refractivity contribution >= 4 is 11.9 Å². The highest BCUT2D eigenvalue weighted by Gasteiger charge is 2.41. The lowest BCUT2D eigenvalue weighted by Gasteiger charge is -2.38. The van der Waals surface area contributed by atoms with Gasteiger partial charge in [-0.15, -0.1) is 0 Å². The van der Waals surface area contributed by atoms with Crippen LogP contribution >= 0.6 is 0 Å². The highest BCUT2D eigenvalue weighted by molar-refractivity contribution is 5.86. The molecule has 1 unspecified atom stereocenters. The predicted octanol–water partition coefficient (Wildman–Crippen LogP) is 1.47. The molecule has 5 nitrogen and oxygen atoms in total. The minimum absolute atomic E-state index is 0.256. The van der Waals surface area contributed by atoms with Gasteiger partial charge in [0.2, 0.25) is 5.91 Å². The van der Waals surface area contributed by atoms with Gasteiger partial charge in [-0.1, -0.05) is 0 Å². The van der Waals surface area contributed by atoms with Gasteiger partial charge in [0.25, 0.3) is 0 Å². The Hall–Kier alpha value is -1.31. The van der Waals surface area contributed by atoms with E-state index in [2.05, 4.69) is 10.1 Å². The predicted molar refractivity (Wildman–Crippen MR) is 69.5 cm³/mol. The number of nitrogens with one attached hydrogen (secondary N) is 1. The van der Waals surface area contributed by atoms with Crippen LogP contribution in [0.5, 0.6) is 0 Å². The van der Waals surface area contributed by atoms with Crippen LogP contribution in [0.25, 0.3) is 0 Å². The fourth-order valence-corrected chi connectivity index (χ4v) is 2.38. The molecular formula is C13H21F3N2O3. The van der Waals surface area contributed by atoms with Crippen molar-refractivity contribution in [2.75, 3.05) is 26.7 Å². The van der Waals surface area contributed by atoms with Crippen LogP contribution in [0.3, 0.4) is 0 Å². The number of hydrogen-bond acceptors (Lipinski definition) is 4. The van der Waals surface area contributed by atoms with Gasteiger partial charge in [0.15, 0.2) is 0 Å². The van der Waals surface area contributed by atoms with Crippen LogP contribution in [-0.4, -0.2) is 55.2 Å².